The minimum atomic E-state index is -0.379. The first-order valence-electron chi connectivity index (χ1n) is 15.3. The number of pyridine rings is 1. The van der Waals surface area contributed by atoms with Crippen molar-refractivity contribution in [3.8, 4) is 17.3 Å². The predicted octanol–water partition coefficient (Wildman–Crippen LogP) is 5.32. The molecule has 4 heterocycles. The van der Waals surface area contributed by atoms with Crippen LogP contribution >= 0.6 is 11.6 Å². The molecule has 3 aromatic heterocycles. The summed E-state index contributed by atoms with van der Waals surface area (Å²) in [6.07, 6.45) is 6.75. The number of hydrogen-bond acceptors (Lipinski definition) is 7. The van der Waals surface area contributed by atoms with Crippen molar-refractivity contribution < 1.29 is 14.2 Å². The van der Waals surface area contributed by atoms with Gasteiger partial charge in [-0.05, 0) is 82.6 Å². The summed E-state index contributed by atoms with van der Waals surface area (Å²) in [4.78, 5) is 37.3. The zero-order valence-corrected chi connectivity index (χ0v) is 25.5. The van der Waals surface area contributed by atoms with Gasteiger partial charge >= 0.3 is 5.69 Å². The standard InChI is InChI=1S/C32H38ClN5O5/c1-3-36-30-28(31(39)37(32(36)40)17-7-19-42-27-10-4-5-18-41-27)38(20-22-11-13-23(33)14-12-22)29(35-30)25-15-16-26(34-21(25)2)43-24-8-6-9-24/h11-16,24,27H,3-10,17-20H2,1-2H3. The molecule has 1 saturated heterocycles. The first-order chi connectivity index (χ1) is 20.9. The fourth-order valence-corrected chi connectivity index (χ4v) is 5.81. The molecular formula is C32H38ClN5O5. The Morgan fingerprint density at radius 2 is 1.79 bits per heavy atom. The molecule has 0 spiro atoms. The van der Waals surface area contributed by atoms with Crippen LogP contribution in [0.15, 0.2) is 46.0 Å². The molecule has 4 aromatic rings. The lowest BCUT2D eigenvalue weighted by molar-refractivity contribution is -0.163. The number of imidazole rings is 1. The van der Waals surface area contributed by atoms with Gasteiger partial charge in [-0.1, -0.05) is 23.7 Å². The quantitative estimate of drug-likeness (QED) is 0.213. The lowest BCUT2D eigenvalue weighted by atomic mass is 9.96. The molecule has 0 bridgehead atoms. The van der Waals surface area contributed by atoms with Gasteiger partial charge in [0, 0.05) is 42.9 Å². The summed E-state index contributed by atoms with van der Waals surface area (Å²) < 4.78 is 22.3. The predicted molar refractivity (Wildman–Crippen MR) is 165 cm³/mol. The topological polar surface area (TPSA) is 102 Å². The number of rotatable bonds is 11. The summed E-state index contributed by atoms with van der Waals surface area (Å²) in [6, 6.07) is 11.3. The van der Waals surface area contributed by atoms with Crippen LogP contribution in [0.2, 0.25) is 5.02 Å². The summed E-state index contributed by atoms with van der Waals surface area (Å²) >= 11 is 6.17. The molecule has 0 N–H and O–H groups in total. The Hall–Kier alpha value is -3.47. The van der Waals surface area contributed by atoms with E-state index in [0.29, 0.717) is 60.6 Å². The number of aromatic nitrogens is 5. The van der Waals surface area contributed by atoms with Crippen molar-refractivity contribution in [2.45, 2.75) is 90.8 Å². The van der Waals surface area contributed by atoms with E-state index in [2.05, 4.69) is 0 Å². The fraction of sp³-hybridized carbons (Fsp3) is 0.500. The normalized spacial score (nSPS) is 17.3. The molecule has 1 saturated carbocycles. The lowest BCUT2D eigenvalue weighted by Gasteiger charge is -2.25. The van der Waals surface area contributed by atoms with E-state index in [1.54, 1.807) is 4.57 Å². The molecule has 11 heteroatoms. The van der Waals surface area contributed by atoms with Crippen LogP contribution in [0.3, 0.4) is 0 Å². The lowest BCUT2D eigenvalue weighted by Crippen LogP contribution is -2.40. The summed E-state index contributed by atoms with van der Waals surface area (Å²) in [7, 11) is 0. The molecule has 228 valence electrons. The highest BCUT2D eigenvalue weighted by atomic mass is 35.5. The van der Waals surface area contributed by atoms with Crippen LogP contribution < -0.4 is 16.0 Å². The third-order valence-electron chi connectivity index (χ3n) is 8.29. The smallest absolute Gasteiger partial charge is 0.332 e. The maximum atomic E-state index is 14.1. The number of halogens is 1. The minimum absolute atomic E-state index is 0.213. The number of hydrogen-bond donors (Lipinski definition) is 0. The first-order valence-corrected chi connectivity index (χ1v) is 15.7. The van der Waals surface area contributed by atoms with E-state index in [9.17, 15) is 9.59 Å². The second-order valence-corrected chi connectivity index (χ2v) is 11.7. The van der Waals surface area contributed by atoms with Gasteiger partial charge in [-0.25, -0.2) is 14.8 Å². The van der Waals surface area contributed by atoms with Crippen molar-refractivity contribution in [2.75, 3.05) is 13.2 Å². The molecule has 2 aliphatic rings. The minimum Gasteiger partial charge on any atom is -0.474 e. The first kappa shape index (κ1) is 29.6. The molecule has 1 unspecified atom stereocenters. The Bertz CT molecular complexity index is 1700. The van der Waals surface area contributed by atoms with Crippen LogP contribution in [0.1, 0.15) is 63.1 Å². The molecule has 43 heavy (non-hydrogen) atoms. The number of nitrogens with zero attached hydrogens (tertiary/aromatic N) is 5. The SMILES string of the molecule is CCn1c(=O)n(CCCOC2CCCCO2)c(=O)c2c1nc(-c1ccc(OC3CCC3)nc1C)n2Cc1ccc(Cl)cc1. The maximum absolute atomic E-state index is 14.1. The van der Waals surface area contributed by atoms with Gasteiger partial charge in [0.25, 0.3) is 5.56 Å². The van der Waals surface area contributed by atoms with Gasteiger partial charge in [0.15, 0.2) is 17.5 Å². The number of fused-ring (bicyclic) bond motifs is 1. The fourth-order valence-electron chi connectivity index (χ4n) is 5.68. The summed E-state index contributed by atoms with van der Waals surface area (Å²) in [5.74, 6) is 1.15. The van der Waals surface area contributed by atoms with Crippen LogP contribution in [-0.4, -0.2) is 49.3 Å². The van der Waals surface area contributed by atoms with Crippen molar-refractivity contribution in [3.05, 3.63) is 73.5 Å². The van der Waals surface area contributed by atoms with Crippen molar-refractivity contribution in [2.24, 2.45) is 0 Å². The van der Waals surface area contributed by atoms with Crippen LogP contribution in [0.5, 0.6) is 5.88 Å². The van der Waals surface area contributed by atoms with Crippen molar-refractivity contribution in [1.82, 2.24) is 23.7 Å². The molecule has 0 radical (unpaired) electrons. The highest BCUT2D eigenvalue weighted by Crippen LogP contribution is 2.30. The van der Waals surface area contributed by atoms with Gasteiger partial charge in [-0.2, -0.15) is 0 Å². The average Bonchev–Trinajstić information content (AvgIpc) is 3.35. The van der Waals surface area contributed by atoms with Crippen molar-refractivity contribution in [1.29, 1.82) is 0 Å². The Balaban J connectivity index is 1.40. The average molecular weight is 608 g/mol. The van der Waals surface area contributed by atoms with Crippen LogP contribution in [0.4, 0.5) is 0 Å². The van der Waals surface area contributed by atoms with E-state index in [-0.39, 0.29) is 30.2 Å². The van der Waals surface area contributed by atoms with Gasteiger partial charge in [-0.15, -0.1) is 0 Å². The van der Waals surface area contributed by atoms with Crippen molar-refractivity contribution >= 4 is 22.8 Å². The van der Waals surface area contributed by atoms with E-state index >= 15 is 0 Å². The second kappa shape index (κ2) is 13.0. The Morgan fingerprint density at radius 1 is 0.977 bits per heavy atom. The number of aryl methyl sites for hydroxylation is 2. The van der Waals surface area contributed by atoms with Crippen molar-refractivity contribution in [3.63, 3.8) is 0 Å². The zero-order chi connectivity index (χ0) is 29.9. The summed E-state index contributed by atoms with van der Waals surface area (Å²) in [5.41, 5.74) is 2.43. The molecule has 1 aliphatic carbocycles. The zero-order valence-electron chi connectivity index (χ0n) is 24.8. The maximum Gasteiger partial charge on any atom is 0.332 e. The molecule has 10 nitrogen and oxygen atoms in total. The number of benzene rings is 1. The molecule has 6 rings (SSSR count). The van der Waals surface area contributed by atoms with E-state index in [4.69, 9.17) is 35.8 Å². The number of ether oxygens (including phenoxy) is 3. The second-order valence-electron chi connectivity index (χ2n) is 11.3. The molecule has 1 aliphatic heterocycles. The summed E-state index contributed by atoms with van der Waals surface area (Å²) in [6.45, 7) is 5.86. The van der Waals surface area contributed by atoms with Gasteiger partial charge in [0.2, 0.25) is 5.88 Å². The largest absolute Gasteiger partial charge is 0.474 e. The molecule has 1 atom stereocenters. The van der Waals surface area contributed by atoms with Crippen LogP contribution in [0.25, 0.3) is 22.6 Å². The Morgan fingerprint density at radius 3 is 2.47 bits per heavy atom. The van der Waals surface area contributed by atoms with Gasteiger partial charge in [0.1, 0.15) is 11.9 Å². The third-order valence-corrected chi connectivity index (χ3v) is 8.55. The van der Waals surface area contributed by atoms with Gasteiger partial charge < -0.3 is 18.8 Å². The molecule has 0 amide bonds. The molecule has 1 aromatic carbocycles. The van der Waals surface area contributed by atoms with E-state index in [1.807, 2.05) is 54.8 Å². The highest BCUT2D eigenvalue weighted by Gasteiger charge is 2.25. The molecular weight excluding hydrogens is 570 g/mol. The van der Waals surface area contributed by atoms with Crippen LogP contribution in [0, 0.1) is 6.92 Å². The monoisotopic (exact) mass is 607 g/mol. The van der Waals surface area contributed by atoms with E-state index in [0.717, 1.165) is 48.9 Å². The van der Waals surface area contributed by atoms with Gasteiger partial charge in [0.05, 0.1) is 12.3 Å². The summed E-state index contributed by atoms with van der Waals surface area (Å²) in [5, 5.41) is 0.629. The Labute approximate surface area is 255 Å². The highest BCUT2D eigenvalue weighted by molar-refractivity contribution is 6.30. The Kier molecular flexibility index (Phi) is 8.97. The van der Waals surface area contributed by atoms with E-state index in [1.165, 1.54) is 11.0 Å². The van der Waals surface area contributed by atoms with Gasteiger partial charge in [-0.3, -0.25) is 13.9 Å². The third kappa shape index (κ3) is 6.27. The van der Waals surface area contributed by atoms with E-state index < -0.39 is 0 Å². The molecule has 2 fully saturated rings. The van der Waals surface area contributed by atoms with Crippen LogP contribution in [-0.2, 0) is 29.1 Å².